The van der Waals surface area contributed by atoms with Gasteiger partial charge in [-0.05, 0) is 37.0 Å². The molecule has 0 saturated heterocycles. The third kappa shape index (κ3) is 1.81. The molecule has 1 aliphatic carbocycles. The van der Waals surface area contributed by atoms with Gasteiger partial charge in [-0.3, -0.25) is 0 Å². The van der Waals surface area contributed by atoms with E-state index >= 15 is 0 Å². The zero-order chi connectivity index (χ0) is 10.9. The number of nitriles is 1. The molecule has 78 valence electrons. The first kappa shape index (κ1) is 10.7. The van der Waals surface area contributed by atoms with Crippen molar-refractivity contribution in [2.24, 2.45) is 0 Å². The first-order valence-electron chi connectivity index (χ1n) is 5.36. The predicted molar refractivity (Wildman–Crippen MR) is 64.6 cm³/mol. The van der Waals surface area contributed by atoms with Crippen molar-refractivity contribution < 1.29 is 0 Å². The van der Waals surface area contributed by atoms with E-state index < -0.39 is 0 Å². The second kappa shape index (κ2) is 3.98. The normalized spacial score (nSPS) is 18.7. The largest absolute Gasteiger partial charge is 0.197 e. The first-order chi connectivity index (χ1) is 7.18. The highest BCUT2D eigenvalue weighted by molar-refractivity contribution is 9.10. The van der Waals surface area contributed by atoms with Crippen molar-refractivity contribution in [2.45, 2.75) is 38.0 Å². The number of rotatable bonds is 1. The molecule has 1 aromatic carbocycles. The Balaban J connectivity index is 2.48. The van der Waals surface area contributed by atoms with E-state index in [-0.39, 0.29) is 5.41 Å². The second-order valence-corrected chi connectivity index (χ2v) is 5.24. The molecule has 0 amide bonds. The van der Waals surface area contributed by atoms with Gasteiger partial charge in [-0.1, -0.05) is 40.9 Å². The molecule has 2 rings (SSSR count). The Hall–Kier alpha value is -0.810. The summed E-state index contributed by atoms with van der Waals surface area (Å²) in [7, 11) is 0. The molecular formula is C13H14BrN. The summed E-state index contributed by atoms with van der Waals surface area (Å²) in [5, 5.41) is 9.39. The SMILES string of the molecule is Cc1ccc(C2(C#N)CCCC2)c(Br)c1. The number of halogens is 1. The fourth-order valence-electron chi connectivity index (χ4n) is 2.43. The lowest BCUT2D eigenvalue weighted by Gasteiger charge is -2.22. The van der Waals surface area contributed by atoms with Gasteiger partial charge in [-0.25, -0.2) is 0 Å². The molecule has 2 heteroatoms. The Morgan fingerprint density at radius 3 is 2.53 bits per heavy atom. The maximum Gasteiger partial charge on any atom is 0.0833 e. The summed E-state index contributed by atoms with van der Waals surface area (Å²) in [6, 6.07) is 8.83. The summed E-state index contributed by atoms with van der Waals surface area (Å²) >= 11 is 3.58. The molecule has 0 bridgehead atoms. The maximum absolute atomic E-state index is 9.39. The highest BCUT2D eigenvalue weighted by Crippen LogP contribution is 2.43. The van der Waals surface area contributed by atoms with Crippen LogP contribution in [0.4, 0.5) is 0 Å². The topological polar surface area (TPSA) is 23.8 Å². The van der Waals surface area contributed by atoms with Crippen molar-refractivity contribution in [3.05, 3.63) is 33.8 Å². The second-order valence-electron chi connectivity index (χ2n) is 4.38. The van der Waals surface area contributed by atoms with E-state index in [2.05, 4.69) is 47.1 Å². The molecule has 0 spiro atoms. The fraction of sp³-hybridized carbons (Fsp3) is 0.462. The van der Waals surface area contributed by atoms with Gasteiger partial charge in [0, 0.05) is 4.47 Å². The van der Waals surface area contributed by atoms with Crippen LogP contribution in [0.3, 0.4) is 0 Å². The summed E-state index contributed by atoms with van der Waals surface area (Å²) < 4.78 is 1.09. The van der Waals surface area contributed by atoms with Crippen LogP contribution in [0.15, 0.2) is 22.7 Å². The van der Waals surface area contributed by atoms with Crippen LogP contribution in [-0.2, 0) is 5.41 Å². The highest BCUT2D eigenvalue weighted by Gasteiger charge is 2.37. The van der Waals surface area contributed by atoms with E-state index in [1.165, 1.54) is 24.0 Å². The molecule has 0 heterocycles. The minimum atomic E-state index is -0.230. The molecule has 1 saturated carbocycles. The molecule has 0 radical (unpaired) electrons. The minimum absolute atomic E-state index is 0.230. The van der Waals surface area contributed by atoms with Gasteiger partial charge < -0.3 is 0 Å². The van der Waals surface area contributed by atoms with Gasteiger partial charge in [0.25, 0.3) is 0 Å². The van der Waals surface area contributed by atoms with Crippen LogP contribution in [0.2, 0.25) is 0 Å². The van der Waals surface area contributed by atoms with Gasteiger partial charge in [-0.15, -0.1) is 0 Å². The van der Waals surface area contributed by atoms with Crippen LogP contribution >= 0.6 is 15.9 Å². The molecule has 15 heavy (non-hydrogen) atoms. The van der Waals surface area contributed by atoms with Crippen LogP contribution < -0.4 is 0 Å². The van der Waals surface area contributed by atoms with E-state index in [1.54, 1.807) is 0 Å². The van der Waals surface area contributed by atoms with Crippen LogP contribution in [-0.4, -0.2) is 0 Å². The molecule has 1 fully saturated rings. The smallest absolute Gasteiger partial charge is 0.0833 e. The van der Waals surface area contributed by atoms with Crippen molar-refractivity contribution in [1.29, 1.82) is 5.26 Å². The van der Waals surface area contributed by atoms with Crippen LogP contribution in [0, 0.1) is 18.3 Å². The number of hydrogen-bond donors (Lipinski definition) is 0. The molecule has 0 N–H and O–H groups in total. The molecular weight excluding hydrogens is 250 g/mol. The van der Waals surface area contributed by atoms with Gasteiger partial charge in [0.1, 0.15) is 0 Å². The summed E-state index contributed by atoms with van der Waals surface area (Å²) in [6.07, 6.45) is 4.36. The predicted octanol–water partition coefficient (Wildman–Crippen LogP) is 4.09. The van der Waals surface area contributed by atoms with Crippen molar-refractivity contribution in [3.63, 3.8) is 0 Å². The van der Waals surface area contributed by atoms with Gasteiger partial charge >= 0.3 is 0 Å². The summed E-state index contributed by atoms with van der Waals surface area (Å²) in [5.74, 6) is 0. The average Bonchev–Trinajstić information content (AvgIpc) is 2.67. The van der Waals surface area contributed by atoms with E-state index in [1.807, 2.05) is 0 Å². The Labute approximate surface area is 99.2 Å². The first-order valence-corrected chi connectivity index (χ1v) is 6.15. The zero-order valence-corrected chi connectivity index (χ0v) is 10.5. The molecule has 0 aromatic heterocycles. The molecule has 1 aromatic rings. The lowest BCUT2D eigenvalue weighted by molar-refractivity contribution is 0.570. The van der Waals surface area contributed by atoms with Crippen molar-refractivity contribution in [3.8, 4) is 6.07 Å². The quantitative estimate of drug-likeness (QED) is 0.749. The molecule has 0 aliphatic heterocycles. The van der Waals surface area contributed by atoms with Gasteiger partial charge in [-0.2, -0.15) is 5.26 Å². The van der Waals surface area contributed by atoms with Gasteiger partial charge in [0.2, 0.25) is 0 Å². The van der Waals surface area contributed by atoms with Crippen molar-refractivity contribution in [1.82, 2.24) is 0 Å². The molecule has 0 unspecified atom stereocenters. The van der Waals surface area contributed by atoms with E-state index in [0.717, 1.165) is 17.3 Å². The summed E-state index contributed by atoms with van der Waals surface area (Å²) in [5.41, 5.74) is 2.18. The summed E-state index contributed by atoms with van der Waals surface area (Å²) in [4.78, 5) is 0. The number of nitrogens with zero attached hydrogens (tertiary/aromatic N) is 1. The lowest BCUT2D eigenvalue weighted by atomic mass is 9.80. The highest BCUT2D eigenvalue weighted by atomic mass is 79.9. The average molecular weight is 264 g/mol. The van der Waals surface area contributed by atoms with E-state index in [0.29, 0.717) is 0 Å². The Bertz CT molecular complexity index is 411. The minimum Gasteiger partial charge on any atom is -0.197 e. The Morgan fingerprint density at radius 1 is 1.33 bits per heavy atom. The number of hydrogen-bond acceptors (Lipinski definition) is 1. The number of benzene rings is 1. The molecule has 0 atom stereocenters. The summed E-state index contributed by atoms with van der Waals surface area (Å²) in [6.45, 7) is 2.07. The van der Waals surface area contributed by atoms with Gasteiger partial charge in [0.15, 0.2) is 0 Å². The van der Waals surface area contributed by atoms with Crippen molar-refractivity contribution in [2.75, 3.05) is 0 Å². The van der Waals surface area contributed by atoms with Crippen LogP contribution in [0.1, 0.15) is 36.8 Å². The molecule has 1 nitrogen and oxygen atoms in total. The van der Waals surface area contributed by atoms with Crippen LogP contribution in [0.25, 0.3) is 0 Å². The molecule has 1 aliphatic rings. The van der Waals surface area contributed by atoms with Crippen LogP contribution in [0.5, 0.6) is 0 Å². The van der Waals surface area contributed by atoms with E-state index in [4.69, 9.17) is 0 Å². The fourth-order valence-corrected chi connectivity index (χ4v) is 3.30. The monoisotopic (exact) mass is 263 g/mol. The maximum atomic E-state index is 9.39. The Morgan fingerprint density at radius 2 is 2.00 bits per heavy atom. The Kier molecular flexibility index (Phi) is 2.84. The third-order valence-electron chi connectivity index (χ3n) is 3.31. The van der Waals surface area contributed by atoms with Gasteiger partial charge in [0.05, 0.1) is 11.5 Å². The third-order valence-corrected chi connectivity index (χ3v) is 3.97. The van der Waals surface area contributed by atoms with E-state index in [9.17, 15) is 5.26 Å². The number of aryl methyl sites for hydroxylation is 1. The zero-order valence-electron chi connectivity index (χ0n) is 8.89. The lowest BCUT2D eigenvalue weighted by Crippen LogP contribution is -2.19. The standard InChI is InChI=1S/C13H14BrN/c1-10-4-5-11(12(14)8-10)13(9-15)6-2-3-7-13/h4-5,8H,2-3,6-7H2,1H3. The van der Waals surface area contributed by atoms with Crippen molar-refractivity contribution >= 4 is 15.9 Å².